The molecule has 1 fully saturated rings. The van der Waals surface area contributed by atoms with Gasteiger partial charge in [-0.25, -0.2) is 4.39 Å². The molecule has 1 N–H and O–H groups in total. The highest BCUT2D eigenvalue weighted by molar-refractivity contribution is 5.77. The zero-order chi connectivity index (χ0) is 20.6. The number of carbonyl (C=O) groups excluding carboxylic acids is 1. The highest BCUT2D eigenvalue weighted by atomic mass is 19.1. The Balaban J connectivity index is 1.44. The van der Waals surface area contributed by atoms with Gasteiger partial charge in [0.25, 0.3) is 0 Å². The van der Waals surface area contributed by atoms with Gasteiger partial charge in [-0.2, -0.15) is 0 Å². The van der Waals surface area contributed by atoms with Gasteiger partial charge in [-0.3, -0.25) is 4.79 Å². The molecule has 1 amide bonds. The molecule has 0 saturated heterocycles. The standard InChI is InChI=1S/C24H31FN2O2/c1-27(2)24(19-8-12-21(25)13-9-19)20-10-14-22(15-11-20)26-23(28)17-29-16-18-6-4-3-5-7-18/h3-9,12-13,20,22,24H,10-11,14-17H2,1-2H3,(H,26,28). The summed E-state index contributed by atoms with van der Waals surface area (Å²) in [5.74, 6) is 0.247. The van der Waals surface area contributed by atoms with E-state index in [4.69, 9.17) is 4.74 Å². The van der Waals surface area contributed by atoms with Gasteiger partial charge in [0.15, 0.2) is 0 Å². The van der Waals surface area contributed by atoms with Crippen molar-refractivity contribution in [1.29, 1.82) is 0 Å². The molecule has 1 atom stereocenters. The van der Waals surface area contributed by atoms with E-state index in [0.29, 0.717) is 12.5 Å². The fourth-order valence-corrected chi connectivity index (χ4v) is 4.34. The summed E-state index contributed by atoms with van der Waals surface area (Å²) in [7, 11) is 4.15. The highest BCUT2D eigenvalue weighted by Gasteiger charge is 2.30. The van der Waals surface area contributed by atoms with Crippen LogP contribution in [0.15, 0.2) is 54.6 Å². The molecule has 0 aromatic heterocycles. The molecule has 4 nitrogen and oxygen atoms in total. The van der Waals surface area contributed by atoms with Crippen molar-refractivity contribution < 1.29 is 13.9 Å². The number of amides is 1. The molecule has 0 spiro atoms. The Kier molecular flexibility index (Phi) is 7.78. The minimum absolute atomic E-state index is 0.0490. The highest BCUT2D eigenvalue weighted by Crippen LogP contribution is 2.37. The summed E-state index contributed by atoms with van der Waals surface area (Å²) in [6.45, 7) is 0.536. The summed E-state index contributed by atoms with van der Waals surface area (Å²) in [6.07, 6.45) is 3.99. The Morgan fingerprint density at radius 1 is 1.07 bits per heavy atom. The van der Waals surface area contributed by atoms with Crippen LogP contribution >= 0.6 is 0 Å². The van der Waals surface area contributed by atoms with Gasteiger partial charge in [-0.1, -0.05) is 42.5 Å². The van der Waals surface area contributed by atoms with E-state index in [9.17, 15) is 9.18 Å². The summed E-state index contributed by atoms with van der Waals surface area (Å²) in [4.78, 5) is 14.4. The van der Waals surface area contributed by atoms with Crippen LogP contribution in [0.5, 0.6) is 0 Å². The first-order valence-corrected chi connectivity index (χ1v) is 10.4. The average molecular weight is 399 g/mol. The number of nitrogens with one attached hydrogen (secondary N) is 1. The maximum atomic E-state index is 13.3. The van der Waals surface area contributed by atoms with Crippen LogP contribution < -0.4 is 5.32 Å². The van der Waals surface area contributed by atoms with Crippen molar-refractivity contribution in [2.75, 3.05) is 20.7 Å². The molecule has 29 heavy (non-hydrogen) atoms. The second kappa shape index (κ2) is 10.5. The molecule has 156 valence electrons. The molecular weight excluding hydrogens is 367 g/mol. The average Bonchev–Trinajstić information content (AvgIpc) is 2.71. The number of benzene rings is 2. The molecule has 0 radical (unpaired) electrons. The van der Waals surface area contributed by atoms with Crippen molar-refractivity contribution in [3.63, 3.8) is 0 Å². The Labute approximate surface area is 173 Å². The molecule has 3 rings (SSSR count). The van der Waals surface area contributed by atoms with E-state index in [2.05, 4.69) is 24.3 Å². The number of rotatable bonds is 8. The second-order valence-corrected chi connectivity index (χ2v) is 8.12. The lowest BCUT2D eigenvalue weighted by Gasteiger charge is -2.37. The van der Waals surface area contributed by atoms with E-state index in [0.717, 1.165) is 36.8 Å². The van der Waals surface area contributed by atoms with Gasteiger partial charge in [-0.15, -0.1) is 0 Å². The summed E-state index contributed by atoms with van der Waals surface area (Å²) in [5.41, 5.74) is 2.22. The van der Waals surface area contributed by atoms with E-state index in [1.807, 2.05) is 42.5 Å². The Morgan fingerprint density at radius 3 is 2.34 bits per heavy atom. The maximum absolute atomic E-state index is 13.3. The molecule has 1 unspecified atom stereocenters. The van der Waals surface area contributed by atoms with Crippen molar-refractivity contribution in [3.8, 4) is 0 Å². The zero-order valence-electron chi connectivity index (χ0n) is 17.3. The molecular formula is C24H31FN2O2. The molecule has 0 heterocycles. The van der Waals surface area contributed by atoms with Gasteiger partial charge >= 0.3 is 0 Å². The number of carbonyl (C=O) groups is 1. The Morgan fingerprint density at radius 2 is 1.72 bits per heavy atom. The maximum Gasteiger partial charge on any atom is 0.246 e. The topological polar surface area (TPSA) is 41.6 Å². The van der Waals surface area contributed by atoms with Gasteiger partial charge in [0.05, 0.1) is 6.61 Å². The largest absolute Gasteiger partial charge is 0.367 e. The van der Waals surface area contributed by atoms with Crippen LogP contribution in [0, 0.1) is 11.7 Å². The molecule has 0 aliphatic heterocycles. The number of hydrogen-bond donors (Lipinski definition) is 1. The third kappa shape index (κ3) is 6.38. The summed E-state index contributed by atoms with van der Waals surface area (Å²) in [5, 5.41) is 3.11. The molecule has 1 aliphatic rings. The van der Waals surface area contributed by atoms with E-state index >= 15 is 0 Å². The van der Waals surface area contributed by atoms with Crippen LogP contribution in [-0.2, 0) is 16.1 Å². The van der Waals surface area contributed by atoms with Crippen LogP contribution in [0.2, 0.25) is 0 Å². The van der Waals surface area contributed by atoms with Crippen molar-refractivity contribution in [3.05, 3.63) is 71.5 Å². The summed E-state index contributed by atoms with van der Waals surface area (Å²) < 4.78 is 18.8. The van der Waals surface area contributed by atoms with Crippen molar-refractivity contribution >= 4 is 5.91 Å². The monoisotopic (exact) mass is 398 g/mol. The lowest BCUT2D eigenvalue weighted by atomic mass is 9.78. The first-order chi connectivity index (χ1) is 14.0. The molecule has 1 saturated carbocycles. The van der Waals surface area contributed by atoms with Crippen LogP contribution in [0.3, 0.4) is 0 Å². The third-order valence-corrected chi connectivity index (χ3v) is 5.70. The second-order valence-electron chi connectivity index (χ2n) is 8.12. The van der Waals surface area contributed by atoms with Gasteiger partial charge in [-0.05, 0) is 69.0 Å². The predicted molar refractivity (Wildman–Crippen MR) is 113 cm³/mol. The quantitative estimate of drug-likeness (QED) is 0.720. The van der Waals surface area contributed by atoms with Gasteiger partial charge in [0.2, 0.25) is 5.91 Å². The van der Waals surface area contributed by atoms with Crippen LogP contribution in [-0.4, -0.2) is 37.6 Å². The summed E-state index contributed by atoms with van der Waals surface area (Å²) >= 11 is 0. The predicted octanol–water partition coefficient (Wildman–Crippen LogP) is 4.32. The van der Waals surface area contributed by atoms with Crippen LogP contribution in [0.4, 0.5) is 4.39 Å². The Bertz CT molecular complexity index is 756. The first kappa shape index (κ1) is 21.5. The van der Waals surface area contributed by atoms with Gasteiger partial charge < -0.3 is 15.0 Å². The third-order valence-electron chi connectivity index (χ3n) is 5.70. The minimum Gasteiger partial charge on any atom is -0.367 e. The number of hydrogen-bond acceptors (Lipinski definition) is 3. The molecule has 0 bridgehead atoms. The van der Waals surface area contributed by atoms with E-state index in [1.165, 1.54) is 12.1 Å². The minimum atomic E-state index is -0.202. The van der Waals surface area contributed by atoms with Crippen molar-refractivity contribution in [2.24, 2.45) is 5.92 Å². The summed E-state index contributed by atoms with van der Waals surface area (Å²) in [6, 6.07) is 17.2. The SMILES string of the molecule is CN(C)C(c1ccc(F)cc1)C1CCC(NC(=O)COCc2ccccc2)CC1. The normalized spacial score (nSPS) is 20.4. The van der Waals surface area contributed by atoms with Crippen molar-refractivity contribution in [1.82, 2.24) is 10.2 Å². The number of halogens is 1. The van der Waals surface area contributed by atoms with E-state index < -0.39 is 0 Å². The van der Waals surface area contributed by atoms with Crippen molar-refractivity contribution in [2.45, 2.75) is 44.4 Å². The van der Waals surface area contributed by atoms with E-state index in [1.54, 1.807) is 0 Å². The lowest BCUT2D eigenvalue weighted by molar-refractivity contribution is -0.127. The fraction of sp³-hybridized carbons (Fsp3) is 0.458. The lowest BCUT2D eigenvalue weighted by Crippen LogP contribution is -2.41. The zero-order valence-corrected chi connectivity index (χ0v) is 17.3. The van der Waals surface area contributed by atoms with E-state index in [-0.39, 0.29) is 30.4 Å². The number of nitrogens with zero attached hydrogens (tertiary/aromatic N) is 1. The fourth-order valence-electron chi connectivity index (χ4n) is 4.34. The molecule has 5 heteroatoms. The molecule has 2 aromatic carbocycles. The molecule has 1 aliphatic carbocycles. The molecule has 2 aromatic rings. The van der Waals surface area contributed by atoms with Gasteiger partial charge in [0.1, 0.15) is 12.4 Å². The smallest absolute Gasteiger partial charge is 0.246 e. The first-order valence-electron chi connectivity index (χ1n) is 10.4. The van der Waals surface area contributed by atoms with Crippen LogP contribution in [0.25, 0.3) is 0 Å². The van der Waals surface area contributed by atoms with Gasteiger partial charge in [0, 0.05) is 12.1 Å². The number of ether oxygens (including phenoxy) is 1. The van der Waals surface area contributed by atoms with Crippen LogP contribution in [0.1, 0.15) is 42.9 Å². The Hall–Kier alpha value is -2.24.